The van der Waals surface area contributed by atoms with E-state index < -0.39 is 0 Å². The number of nitrogens with one attached hydrogen (secondary N) is 1. The predicted octanol–water partition coefficient (Wildman–Crippen LogP) is 2.34. The number of hydrogen-bond acceptors (Lipinski definition) is 5. The average Bonchev–Trinajstić information content (AvgIpc) is 3.10. The molecule has 5 nitrogen and oxygen atoms in total. The second-order valence-electron chi connectivity index (χ2n) is 4.05. The zero-order valence-electron chi connectivity index (χ0n) is 10.2. The maximum Gasteiger partial charge on any atom is 0.150 e. The van der Waals surface area contributed by atoms with Gasteiger partial charge in [-0.3, -0.25) is 0 Å². The van der Waals surface area contributed by atoms with Crippen molar-refractivity contribution in [2.45, 2.75) is 6.54 Å². The van der Waals surface area contributed by atoms with Crippen LogP contribution in [0.5, 0.6) is 0 Å². The van der Waals surface area contributed by atoms with Crippen molar-refractivity contribution in [3.05, 3.63) is 53.8 Å². The standard InChI is InChI=1S/C13H13N5S/c14-17-12-4-3-10(8-16-12)9-18-6-5-15-13(18)11-2-1-7-19-11/h1-8H,9,14H2,(H,16,17). The first kappa shape index (κ1) is 11.9. The molecule has 0 aliphatic carbocycles. The lowest BCUT2D eigenvalue weighted by Gasteiger charge is -2.07. The van der Waals surface area contributed by atoms with E-state index in [1.54, 1.807) is 11.3 Å². The molecule has 0 aromatic carbocycles. The SMILES string of the molecule is NNc1ccc(Cn2ccnc2-c2cccs2)cn1. The molecule has 0 spiro atoms. The summed E-state index contributed by atoms with van der Waals surface area (Å²) >= 11 is 1.69. The van der Waals surface area contributed by atoms with Gasteiger partial charge in [-0.15, -0.1) is 11.3 Å². The van der Waals surface area contributed by atoms with Crippen LogP contribution >= 0.6 is 11.3 Å². The number of hydrazine groups is 1. The van der Waals surface area contributed by atoms with Crippen LogP contribution in [0.2, 0.25) is 0 Å². The maximum atomic E-state index is 5.30. The molecule has 0 aliphatic heterocycles. The van der Waals surface area contributed by atoms with Crippen molar-refractivity contribution < 1.29 is 0 Å². The lowest BCUT2D eigenvalue weighted by Crippen LogP contribution is -2.08. The summed E-state index contributed by atoms with van der Waals surface area (Å²) in [5.41, 5.74) is 3.62. The lowest BCUT2D eigenvalue weighted by molar-refractivity contribution is 0.804. The van der Waals surface area contributed by atoms with Crippen LogP contribution < -0.4 is 11.3 Å². The first-order valence-corrected chi connectivity index (χ1v) is 6.71. The van der Waals surface area contributed by atoms with Gasteiger partial charge in [-0.1, -0.05) is 12.1 Å². The van der Waals surface area contributed by atoms with Crippen LogP contribution in [0.3, 0.4) is 0 Å². The number of anilines is 1. The molecule has 0 saturated carbocycles. The Morgan fingerprint density at radius 1 is 1.26 bits per heavy atom. The number of rotatable bonds is 4. The fourth-order valence-electron chi connectivity index (χ4n) is 1.87. The number of nitrogens with zero attached hydrogens (tertiary/aromatic N) is 3. The van der Waals surface area contributed by atoms with Gasteiger partial charge in [0.1, 0.15) is 11.6 Å². The number of thiophene rings is 1. The Bertz CT molecular complexity index is 642. The molecule has 3 aromatic rings. The topological polar surface area (TPSA) is 68.8 Å². The van der Waals surface area contributed by atoms with Crippen LogP contribution in [0.1, 0.15) is 5.56 Å². The zero-order valence-corrected chi connectivity index (χ0v) is 11.0. The average molecular weight is 271 g/mol. The predicted molar refractivity (Wildman–Crippen MR) is 76.7 cm³/mol. The minimum Gasteiger partial charge on any atom is -0.326 e. The normalized spacial score (nSPS) is 10.6. The Morgan fingerprint density at radius 2 is 2.21 bits per heavy atom. The molecule has 0 unspecified atom stereocenters. The Kier molecular flexibility index (Phi) is 3.26. The molecule has 0 fully saturated rings. The Balaban J connectivity index is 1.85. The first-order valence-electron chi connectivity index (χ1n) is 5.83. The molecule has 19 heavy (non-hydrogen) atoms. The first-order chi connectivity index (χ1) is 9.36. The second-order valence-corrected chi connectivity index (χ2v) is 5.00. The molecule has 6 heteroatoms. The molecule has 0 atom stereocenters. The van der Waals surface area contributed by atoms with Crippen molar-refractivity contribution >= 4 is 17.2 Å². The highest BCUT2D eigenvalue weighted by atomic mass is 32.1. The second kappa shape index (κ2) is 5.21. The van der Waals surface area contributed by atoms with E-state index in [0.29, 0.717) is 5.82 Å². The molecule has 3 aromatic heterocycles. The van der Waals surface area contributed by atoms with Gasteiger partial charge in [0, 0.05) is 18.6 Å². The third-order valence-corrected chi connectivity index (χ3v) is 3.65. The van der Waals surface area contributed by atoms with Gasteiger partial charge >= 0.3 is 0 Å². The molecule has 0 aliphatic rings. The Morgan fingerprint density at radius 3 is 2.89 bits per heavy atom. The molecule has 3 rings (SSSR count). The molecule has 3 heterocycles. The van der Waals surface area contributed by atoms with Crippen LogP contribution in [0.25, 0.3) is 10.7 Å². The van der Waals surface area contributed by atoms with E-state index in [0.717, 1.165) is 17.9 Å². The molecule has 96 valence electrons. The molecule has 3 N–H and O–H groups in total. The summed E-state index contributed by atoms with van der Waals surface area (Å²) in [7, 11) is 0. The van der Waals surface area contributed by atoms with Crippen molar-refractivity contribution in [1.82, 2.24) is 14.5 Å². The summed E-state index contributed by atoms with van der Waals surface area (Å²) in [6, 6.07) is 7.96. The Hall–Kier alpha value is -2.18. The van der Waals surface area contributed by atoms with E-state index in [1.165, 1.54) is 4.88 Å². The molecular weight excluding hydrogens is 258 g/mol. The van der Waals surface area contributed by atoms with Crippen LogP contribution in [-0.4, -0.2) is 14.5 Å². The van der Waals surface area contributed by atoms with Gasteiger partial charge in [-0.05, 0) is 23.1 Å². The van der Waals surface area contributed by atoms with Crippen LogP contribution in [0.15, 0.2) is 48.2 Å². The molecule has 0 bridgehead atoms. The highest BCUT2D eigenvalue weighted by Crippen LogP contribution is 2.23. The minimum absolute atomic E-state index is 0.660. The van der Waals surface area contributed by atoms with E-state index >= 15 is 0 Å². The van der Waals surface area contributed by atoms with Gasteiger partial charge in [-0.2, -0.15) is 0 Å². The molecule has 0 radical (unpaired) electrons. The highest BCUT2D eigenvalue weighted by molar-refractivity contribution is 7.13. The van der Waals surface area contributed by atoms with Crippen molar-refractivity contribution in [2.75, 3.05) is 5.43 Å². The van der Waals surface area contributed by atoms with E-state index in [4.69, 9.17) is 5.84 Å². The van der Waals surface area contributed by atoms with E-state index in [1.807, 2.05) is 36.8 Å². The van der Waals surface area contributed by atoms with Crippen molar-refractivity contribution in [3.63, 3.8) is 0 Å². The maximum absolute atomic E-state index is 5.30. The fourth-order valence-corrected chi connectivity index (χ4v) is 2.60. The van der Waals surface area contributed by atoms with Gasteiger partial charge in [-0.25, -0.2) is 15.8 Å². The lowest BCUT2D eigenvalue weighted by atomic mass is 10.2. The van der Waals surface area contributed by atoms with Gasteiger partial charge in [0.2, 0.25) is 0 Å². The van der Waals surface area contributed by atoms with Crippen molar-refractivity contribution in [1.29, 1.82) is 0 Å². The van der Waals surface area contributed by atoms with Crippen LogP contribution in [-0.2, 0) is 6.54 Å². The van der Waals surface area contributed by atoms with Gasteiger partial charge in [0.05, 0.1) is 11.4 Å². The summed E-state index contributed by atoms with van der Waals surface area (Å²) in [5, 5.41) is 2.05. The fraction of sp³-hybridized carbons (Fsp3) is 0.0769. The number of aromatic nitrogens is 3. The van der Waals surface area contributed by atoms with Gasteiger partial charge in [0.25, 0.3) is 0 Å². The van der Waals surface area contributed by atoms with Crippen LogP contribution in [0.4, 0.5) is 5.82 Å². The summed E-state index contributed by atoms with van der Waals surface area (Å²) in [5.74, 6) is 6.94. The van der Waals surface area contributed by atoms with Crippen molar-refractivity contribution in [3.8, 4) is 10.7 Å². The summed E-state index contributed by atoms with van der Waals surface area (Å²) < 4.78 is 2.11. The quantitative estimate of drug-likeness (QED) is 0.564. The smallest absolute Gasteiger partial charge is 0.150 e. The molecule has 0 amide bonds. The Labute approximate surface area is 114 Å². The number of nitrogen functional groups attached to an aromatic ring is 1. The summed E-state index contributed by atoms with van der Waals surface area (Å²) in [6.07, 6.45) is 5.61. The number of imidazole rings is 1. The molecular formula is C13H13N5S. The van der Waals surface area contributed by atoms with Crippen molar-refractivity contribution in [2.24, 2.45) is 5.84 Å². The van der Waals surface area contributed by atoms with E-state index in [9.17, 15) is 0 Å². The largest absolute Gasteiger partial charge is 0.326 e. The number of nitrogens with two attached hydrogens (primary N) is 1. The minimum atomic E-state index is 0.660. The van der Waals surface area contributed by atoms with Crippen LogP contribution in [0, 0.1) is 0 Å². The van der Waals surface area contributed by atoms with Gasteiger partial charge < -0.3 is 9.99 Å². The van der Waals surface area contributed by atoms with Gasteiger partial charge in [0.15, 0.2) is 0 Å². The highest BCUT2D eigenvalue weighted by Gasteiger charge is 2.07. The van der Waals surface area contributed by atoms with E-state index in [-0.39, 0.29) is 0 Å². The third-order valence-electron chi connectivity index (χ3n) is 2.78. The monoisotopic (exact) mass is 271 g/mol. The number of pyridine rings is 1. The van der Waals surface area contributed by atoms with E-state index in [2.05, 4.69) is 31.4 Å². The summed E-state index contributed by atoms with van der Waals surface area (Å²) in [4.78, 5) is 9.78. The summed E-state index contributed by atoms with van der Waals surface area (Å²) in [6.45, 7) is 0.741. The molecule has 0 saturated heterocycles. The number of hydrogen-bond donors (Lipinski definition) is 2. The third kappa shape index (κ3) is 2.49. The zero-order chi connectivity index (χ0) is 13.1.